The highest BCUT2D eigenvalue weighted by Gasteiger charge is 2.27. The van der Waals surface area contributed by atoms with Crippen LogP contribution in [0.2, 0.25) is 0 Å². The number of rotatable bonds is 5. The molecule has 0 aliphatic rings. The van der Waals surface area contributed by atoms with E-state index >= 15 is 0 Å². The molecular weight excluding hydrogens is 266 g/mol. The van der Waals surface area contributed by atoms with Gasteiger partial charge in [-0.1, -0.05) is 0 Å². The van der Waals surface area contributed by atoms with E-state index in [1.165, 1.54) is 25.5 Å². The SMILES string of the molecule is CCN(CC)c1sc(C(=O)OC)c(N)c1C(=O)NC. The fourth-order valence-electron chi connectivity index (χ4n) is 1.75. The van der Waals surface area contributed by atoms with Gasteiger partial charge in [0.05, 0.1) is 18.4 Å². The van der Waals surface area contributed by atoms with E-state index in [0.29, 0.717) is 10.6 Å². The molecular formula is C12H19N3O3S. The average Bonchev–Trinajstić information content (AvgIpc) is 2.76. The Morgan fingerprint density at radius 2 is 1.95 bits per heavy atom. The second-order valence-electron chi connectivity index (χ2n) is 3.77. The number of hydrogen-bond acceptors (Lipinski definition) is 6. The Balaban J connectivity index is 3.43. The summed E-state index contributed by atoms with van der Waals surface area (Å²) in [4.78, 5) is 25.9. The highest BCUT2D eigenvalue weighted by Crippen LogP contribution is 2.38. The van der Waals surface area contributed by atoms with Crippen molar-refractivity contribution in [2.45, 2.75) is 13.8 Å². The molecule has 1 aromatic rings. The molecule has 0 saturated carbocycles. The van der Waals surface area contributed by atoms with Gasteiger partial charge in [0, 0.05) is 20.1 Å². The van der Waals surface area contributed by atoms with Crippen LogP contribution < -0.4 is 16.0 Å². The first-order chi connectivity index (χ1) is 9.01. The van der Waals surface area contributed by atoms with Crippen LogP contribution >= 0.6 is 11.3 Å². The number of esters is 1. The molecule has 7 heteroatoms. The van der Waals surface area contributed by atoms with Crippen LogP contribution in [0, 0.1) is 0 Å². The minimum Gasteiger partial charge on any atom is -0.465 e. The molecule has 0 unspecified atom stereocenters. The van der Waals surface area contributed by atoms with Crippen LogP contribution in [0.25, 0.3) is 0 Å². The van der Waals surface area contributed by atoms with Gasteiger partial charge in [-0.3, -0.25) is 4.79 Å². The van der Waals surface area contributed by atoms with E-state index in [4.69, 9.17) is 5.73 Å². The largest absolute Gasteiger partial charge is 0.465 e. The second kappa shape index (κ2) is 6.42. The maximum atomic E-state index is 12.0. The van der Waals surface area contributed by atoms with Crippen molar-refractivity contribution in [3.63, 3.8) is 0 Å². The molecule has 0 spiro atoms. The van der Waals surface area contributed by atoms with Crippen molar-refractivity contribution in [1.29, 1.82) is 0 Å². The molecule has 106 valence electrons. The smallest absolute Gasteiger partial charge is 0.350 e. The number of nitrogen functional groups attached to an aromatic ring is 1. The summed E-state index contributed by atoms with van der Waals surface area (Å²) in [5.41, 5.74) is 6.45. The van der Waals surface area contributed by atoms with E-state index in [1.807, 2.05) is 18.7 Å². The molecule has 1 heterocycles. The highest BCUT2D eigenvalue weighted by molar-refractivity contribution is 7.19. The Labute approximate surface area is 116 Å². The van der Waals surface area contributed by atoms with Crippen LogP contribution in [0.5, 0.6) is 0 Å². The summed E-state index contributed by atoms with van der Waals surface area (Å²) in [5, 5.41) is 3.24. The molecule has 0 bridgehead atoms. The lowest BCUT2D eigenvalue weighted by Crippen LogP contribution is -2.26. The van der Waals surface area contributed by atoms with Gasteiger partial charge in [-0.25, -0.2) is 4.79 Å². The zero-order chi connectivity index (χ0) is 14.6. The number of carbonyl (C=O) groups excluding carboxylic acids is 2. The van der Waals surface area contributed by atoms with Crippen LogP contribution in [0.1, 0.15) is 33.9 Å². The van der Waals surface area contributed by atoms with Gasteiger partial charge in [0.2, 0.25) is 0 Å². The molecule has 6 nitrogen and oxygen atoms in total. The van der Waals surface area contributed by atoms with Crippen LogP contribution in [0.15, 0.2) is 0 Å². The van der Waals surface area contributed by atoms with Crippen molar-refractivity contribution in [1.82, 2.24) is 5.32 Å². The third kappa shape index (κ3) is 2.81. The summed E-state index contributed by atoms with van der Waals surface area (Å²) in [6.45, 7) is 5.40. The summed E-state index contributed by atoms with van der Waals surface area (Å²) in [7, 11) is 2.82. The number of anilines is 2. The first-order valence-electron chi connectivity index (χ1n) is 5.99. The Kier molecular flexibility index (Phi) is 5.17. The third-order valence-corrected chi connectivity index (χ3v) is 4.05. The first kappa shape index (κ1) is 15.3. The Bertz CT molecular complexity index is 481. The van der Waals surface area contributed by atoms with Crippen molar-refractivity contribution >= 4 is 33.9 Å². The van der Waals surface area contributed by atoms with Gasteiger partial charge < -0.3 is 20.7 Å². The molecule has 0 radical (unpaired) electrons. The lowest BCUT2D eigenvalue weighted by atomic mass is 10.2. The van der Waals surface area contributed by atoms with E-state index in [2.05, 4.69) is 10.1 Å². The van der Waals surface area contributed by atoms with Gasteiger partial charge in [0.1, 0.15) is 9.88 Å². The number of nitrogens with zero attached hydrogens (tertiary/aromatic N) is 1. The molecule has 0 saturated heterocycles. The summed E-state index contributed by atoms with van der Waals surface area (Å²) in [5.74, 6) is -0.822. The Morgan fingerprint density at radius 3 is 2.37 bits per heavy atom. The molecule has 0 atom stereocenters. The quantitative estimate of drug-likeness (QED) is 0.797. The topological polar surface area (TPSA) is 84.7 Å². The first-order valence-corrected chi connectivity index (χ1v) is 6.80. The number of thiophene rings is 1. The Morgan fingerprint density at radius 1 is 1.37 bits per heavy atom. The zero-order valence-corrected chi connectivity index (χ0v) is 12.4. The standard InChI is InChI=1S/C12H19N3O3S/c1-5-15(6-2)11-7(10(16)14-3)8(13)9(19-11)12(17)18-4/h5-6,13H2,1-4H3,(H,14,16). The normalized spacial score (nSPS) is 10.1. The average molecular weight is 285 g/mol. The number of hydrogen-bond donors (Lipinski definition) is 2. The number of carbonyl (C=O) groups is 2. The summed E-state index contributed by atoms with van der Waals surface area (Å²) >= 11 is 1.19. The predicted octanol–water partition coefficient (Wildman–Crippen LogP) is 1.32. The second-order valence-corrected chi connectivity index (χ2v) is 4.77. The van der Waals surface area contributed by atoms with Crippen LogP contribution in [0.3, 0.4) is 0 Å². The van der Waals surface area contributed by atoms with Gasteiger partial charge >= 0.3 is 5.97 Å². The van der Waals surface area contributed by atoms with Gasteiger partial charge in [0.15, 0.2) is 0 Å². The van der Waals surface area contributed by atoms with Crippen molar-refractivity contribution < 1.29 is 14.3 Å². The van der Waals surface area contributed by atoms with Gasteiger partial charge in [0.25, 0.3) is 5.91 Å². The predicted molar refractivity (Wildman–Crippen MR) is 77.0 cm³/mol. The molecule has 19 heavy (non-hydrogen) atoms. The number of amides is 1. The maximum Gasteiger partial charge on any atom is 0.350 e. The van der Waals surface area contributed by atoms with Crippen molar-refractivity contribution in [2.24, 2.45) is 0 Å². The number of nitrogens with one attached hydrogen (secondary N) is 1. The number of ether oxygens (including phenoxy) is 1. The number of methoxy groups -OCH3 is 1. The maximum absolute atomic E-state index is 12.0. The molecule has 0 aliphatic carbocycles. The van der Waals surface area contributed by atoms with E-state index in [1.54, 1.807) is 0 Å². The molecule has 3 N–H and O–H groups in total. The van der Waals surface area contributed by atoms with Gasteiger partial charge in [-0.2, -0.15) is 0 Å². The molecule has 0 aliphatic heterocycles. The molecule has 0 fully saturated rings. The molecule has 1 rings (SSSR count). The minimum atomic E-state index is -0.522. The highest BCUT2D eigenvalue weighted by atomic mass is 32.1. The van der Waals surface area contributed by atoms with Crippen molar-refractivity contribution in [3.05, 3.63) is 10.4 Å². The summed E-state index contributed by atoms with van der Waals surface area (Å²) in [6, 6.07) is 0. The lowest BCUT2D eigenvalue weighted by Gasteiger charge is -2.20. The van der Waals surface area contributed by atoms with Gasteiger partial charge in [-0.05, 0) is 13.8 Å². The van der Waals surface area contributed by atoms with Crippen LogP contribution in [0.4, 0.5) is 10.7 Å². The third-order valence-electron chi connectivity index (χ3n) is 2.80. The van der Waals surface area contributed by atoms with E-state index in [-0.39, 0.29) is 16.5 Å². The zero-order valence-electron chi connectivity index (χ0n) is 11.6. The van der Waals surface area contributed by atoms with Crippen molar-refractivity contribution in [3.8, 4) is 0 Å². The van der Waals surface area contributed by atoms with Crippen molar-refractivity contribution in [2.75, 3.05) is 37.9 Å². The van der Waals surface area contributed by atoms with E-state index in [9.17, 15) is 9.59 Å². The molecule has 0 aromatic carbocycles. The molecule has 1 aromatic heterocycles. The fraction of sp³-hybridized carbons (Fsp3) is 0.500. The van der Waals surface area contributed by atoms with E-state index in [0.717, 1.165) is 13.1 Å². The van der Waals surface area contributed by atoms with E-state index < -0.39 is 5.97 Å². The fourth-order valence-corrected chi connectivity index (χ4v) is 3.02. The van der Waals surface area contributed by atoms with Crippen LogP contribution in [-0.2, 0) is 4.74 Å². The number of nitrogens with two attached hydrogens (primary N) is 1. The summed E-state index contributed by atoms with van der Waals surface area (Å²) < 4.78 is 4.69. The molecule has 1 amide bonds. The summed E-state index contributed by atoms with van der Waals surface area (Å²) in [6.07, 6.45) is 0. The lowest BCUT2D eigenvalue weighted by molar-refractivity contribution is 0.0607. The minimum absolute atomic E-state index is 0.179. The monoisotopic (exact) mass is 285 g/mol. The van der Waals surface area contributed by atoms with Crippen LogP contribution in [-0.4, -0.2) is 39.1 Å². The van der Waals surface area contributed by atoms with Gasteiger partial charge in [-0.15, -0.1) is 11.3 Å². The Hall–Kier alpha value is -1.76.